The average molecular weight is 431 g/mol. The largest absolute Gasteiger partial charge is 0.504 e. The topological polar surface area (TPSA) is 109 Å². The van der Waals surface area contributed by atoms with Crippen LogP contribution in [0.15, 0.2) is 46.4 Å². The number of esters is 1. The molecule has 0 heterocycles. The van der Waals surface area contributed by atoms with E-state index in [0.717, 1.165) is 0 Å². The van der Waals surface area contributed by atoms with Crippen LogP contribution in [0, 0.1) is 11.3 Å². The first-order valence-corrected chi connectivity index (χ1v) is 8.37. The maximum atomic E-state index is 12.4. The number of aromatic hydroxyl groups is 1. The van der Waals surface area contributed by atoms with E-state index in [4.69, 9.17) is 4.74 Å². The molecule has 0 bridgehead atoms. The van der Waals surface area contributed by atoms with Crippen molar-refractivity contribution in [2.24, 2.45) is 0 Å². The molecule has 0 saturated carbocycles. The Kier molecular flexibility index (Phi) is 6.57. The molecular weight excluding hydrogens is 416 g/mol. The summed E-state index contributed by atoms with van der Waals surface area (Å²) in [5.74, 6) is -0.977. The highest BCUT2D eigenvalue weighted by molar-refractivity contribution is 9.10. The SMILES string of the molecule is COC(=O)c1ccc(NC(=O)/C(C#N)=C/c2cc(OC)c(O)cc2Br)cc1. The van der Waals surface area contributed by atoms with Gasteiger partial charge in [0.2, 0.25) is 0 Å². The Morgan fingerprint density at radius 1 is 1.22 bits per heavy atom. The number of hydrogen-bond donors (Lipinski definition) is 2. The second kappa shape index (κ2) is 8.87. The fraction of sp³-hybridized carbons (Fsp3) is 0.105. The molecule has 138 valence electrons. The third-order valence-electron chi connectivity index (χ3n) is 3.53. The minimum atomic E-state index is -0.623. The van der Waals surface area contributed by atoms with Gasteiger partial charge in [-0.15, -0.1) is 0 Å². The fourth-order valence-electron chi connectivity index (χ4n) is 2.14. The van der Waals surface area contributed by atoms with Crippen molar-refractivity contribution in [1.29, 1.82) is 5.26 Å². The van der Waals surface area contributed by atoms with E-state index in [-0.39, 0.29) is 17.1 Å². The Hall–Kier alpha value is -3.31. The molecule has 2 rings (SSSR count). The van der Waals surface area contributed by atoms with Crippen LogP contribution in [0.2, 0.25) is 0 Å². The summed E-state index contributed by atoms with van der Waals surface area (Å²) in [4.78, 5) is 23.8. The van der Waals surface area contributed by atoms with E-state index in [1.54, 1.807) is 0 Å². The number of carbonyl (C=O) groups is 2. The highest BCUT2D eigenvalue weighted by Gasteiger charge is 2.13. The first kappa shape index (κ1) is 20.0. The molecule has 0 aliphatic heterocycles. The average Bonchev–Trinajstić information content (AvgIpc) is 2.67. The molecule has 0 aromatic heterocycles. The number of amides is 1. The van der Waals surface area contributed by atoms with E-state index in [9.17, 15) is 20.0 Å². The van der Waals surface area contributed by atoms with Crippen molar-refractivity contribution in [2.75, 3.05) is 19.5 Å². The van der Waals surface area contributed by atoms with Gasteiger partial charge in [-0.2, -0.15) is 5.26 Å². The van der Waals surface area contributed by atoms with Crippen LogP contribution >= 0.6 is 15.9 Å². The molecule has 27 heavy (non-hydrogen) atoms. The number of carbonyl (C=O) groups excluding carboxylic acids is 2. The summed E-state index contributed by atoms with van der Waals surface area (Å²) in [7, 11) is 2.67. The lowest BCUT2D eigenvalue weighted by atomic mass is 10.1. The number of hydrogen-bond acceptors (Lipinski definition) is 6. The lowest BCUT2D eigenvalue weighted by Gasteiger charge is -2.08. The monoisotopic (exact) mass is 430 g/mol. The zero-order chi connectivity index (χ0) is 20.0. The van der Waals surface area contributed by atoms with Gasteiger partial charge in [0.25, 0.3) is 5.91 Å². The summed E-state index contributed by atoms with van der Waals surface area (Å²) in [5.41, 5.74) is 1.08. The zero-order valence-corrected chi connectivity index (χ0v) is 16.0. The Morgan fingerprint density at radius 3 is 2.44 bits per heavy atom. The van der Waals surface area contributed by atoms with Gasteiger partial charge in [0.1, 0.15) is 11.6 Å². The second-order valence-electron chi connectivity index (χ2n) is 5.24. The summed E-state index contributed by atoms with van der Waals surface area (Å²) in [5, 5.41) is 21.6. The summed E-state index contributed by atoms with van der Waals surface area (Å²) < 4.78 is 10.1. The molecule has 0 unspecified atom stereocenters. The van der Waals surface area contributed by atoms with Crippen molar-refractivity contribution in [3.05, 3.63) is 57.6 Å². The lowest BCUT2D eigenvalue weighted by molar-refractivity contribution is -0.112. The predicted molar refractivity (Wildman–Crippen MR) is 102 cm³/mol. The first-order chi connectivity index (χ1) is 12.9. The molecule has 0 saturated heterocycles. The third-order valence-corrected chi connectivity index (χ3v) is 4.21. The van der Waals surface area contributed by atoms with Crippen LogP contribution in [0.1, 0.15) is 15.9 Å². The van der Waals surface area contributed by atoms with Gasteiger partial charge in [0, 0.05) is 10.2 Å². The van der Waals surface area contributed by atoms with E-state index < -0.39 is 11.9 Å². The van der Waals surface area contributed by atoms with Gasteiger partial charge < -0.3 is 19.9 Å². The lowest BCUT2D eigenvalue weighted by Crippen LogP contribution is -2.13. The van der Waals surface area contributed by atoms with E-state index in [1.807, 2.05) is 6.07 Å². The normalized spacial score (nSPS) is 10.7. The number of ether oxygens (including phenoxy) is 2. The maximum Gasteiger partial charge on any atom is 0.337 e. The molecule has 1 amide bonds. The number of nitrogens with zero attached hydrogens (tertiary/aromatic N) is 1. The van der Waals surface area contributed by atoms with Crippen molar-refractivity contribution < 1.29 is 24.2 Å². The Bertz CT molecular complexity index is 946. The first-order valence-electron chi connectivity index (χ1n) is 7.57. The molecule has 2 N–H and O–H groups in total. The van der Waals surface area contributed by atoms with Gasteiger partial charge in [-0.05, 0) is 48.0 Å². The molecule has 7 nitrogen and oxygen atoms in total. The molecular formula is C19H15BrN2O5. The highest BCUT2D eigenvalue weighted by atomic mass is 79.9. The van der Waals surface area contributed by atoms with Crippen LogP contribution in [0.25, 0.3) is 6.08 Å². The van der Waals surface area contributed by atoms with E-state index in [2.05, 4.69) is 26.0 Å². The summed E-state index contributed by atoms with van der Waals surface area (Å²) in [6.45, 7) is 0. The van der Waals surface area contributed by atoms with Gasteiger partial charge in [0.15, 0.2) is 11.5 Å². The quantitative estimate of drug-likeness (QED) is 0.426. The molecule has 8 heteroatoms. The standard InChI is InChI=1S/C19H15BrN2O5/c1-26-17-8-12(15(20)9-16(17)23)7-13(10-21)18(24)22-14-5-3-11(4-6-14)19(25)27-2/h3-9,23H,1-2H3,(H,22,24)/b13-7+. The van der Waals surface area contributed by atoms with Crippen LogP contribution < -0.4 is 10.1 Å². The minimum Gasteiger partial charge on any atom is -0.504 e. The number of phenols is 1. The third kappa shape index (κ3) is 4.86. The second-order valence-corrected chi connectivity index (χ2v) is 6.09. The molecule has 0 radical (unpaired) electrons. The molecule has 0 aliphatic carbocycles. The molecule has 0 atom stereocenters. The highest BCUT2D eigenvalue weighted by Crippen LogP contribution is 2.33. The van der Waals surface area contributed by atoms with Crippen LogP contribution in [-0.2, 0) is 9.53 Å². The summed E-state index contributed by atoms with van der Waals surface area (Å²) in [6.07, 6.45) is 1.37. The van der Waals surface area contributed by atoms with Gasteiger partial charge in [0.05, 0.1) is 19.8 Å². The van der Waals surface area contributed by atoms with Crippen LogP contribution in [-0.4, -0.2) is 31.2 Å². The van der Waals surface area contributed by atoms with Crippen molar-refractivity contribution in [1.82, 2.24) is 0 Å². The zero-order valence-electron chi connectivity index (χ0n) is 14.4. The number of anilines is 1. The van der Waals surface area contributed by atoms with Gasteiger partial charge in [-0.1, -0.05) is 15.9 Å². The molecule has 0 spiro atoms. The van der Waals surface area contributed by atoms with Gasteiger partial charge in [-0.3, -0.25) is 4.79 Å². The fourth-order valence-corrected chi connectivity index (χ4v) is 2.59. The number of benzene rings is 2. The number of methoxy groups -OCH3 is 2. The minimum absolute atomic E-state index is 0.0739. The van der Waals surface area contributed by atoms with Crippen LogP contribution in [0.5, 0.6) is 11.5 Å². The Balaban J connectivity index is 2.25. The van der Waals surface area contributed by atoms with Gasteiger partial charge >= 0.3 is 5.97 Å². The summed E-state index contributed by atoms with van der Waals surface area (Å²) >= 11 is 3.27. The molecule has 2 aromatic carbocycles. The molecule has 2 aromatic rings. The van der Waals surface area contributed by atoms with E-state index >= 15 is 0 Å². The van der Waals surface area contributed by atoms with Crippen LogP contribution in [0.3, 0.4) is 0 Å². The smallest absolute Gasteiger partial charge is 0.337 e. The summed E-state index contributed by atoms with van der Waals surface area (Å²) in [6, 6.07) is 10.8. The van der Waals surface area contributed by atoms with E-state index in [0.29, 0.717) is 21.3 Å². The number of nitriles is 1. The maximum absolute atomic E-state index is 12.4. The van der Waals surface area contributed by atoms with Crippen LogP contribution in [0.4, 0.5) is 5.69 Å². The Labute approximate surface area is 164 Å². The Morgan fingerprint density at radius 2 is 1.89 bits per heavy atom. The van der Waals surface area contributed by atoms with Crippen molar-refractivity contribution in [3.8, 4) is 17.6 Å². The number of nitrogens with one attached hydrogen (secondary N) is 1. The van der Waals surface area contributed by atoms with Crippen molar-refractivity contribution >= 4 is 39.6 Å². The van der Waals surface area contributed by atoms with Gasteiger partial charge in [-0.25, -0.2) is 4.79 Å². The van der Waals surface area contributed by atoms with Crippen molar-refractivity contribution in [3.63, 3.8) is 0 Å². The molecule has 0 aliphatic rings. The molecule has 0 fully saturated rings. The predicted octanol–water partition coefficient (Wildman–Crippen LogP) is 3.50. The van der Waals surface area contributed by atoms with Crippen molar-refractivity contribution in [2.45, 2.75) is 0 Å². The number of phenolic OH excluding ortho intramolecular Hbond substituents is 1. The van der Waals surface area contributed by atoms with E-state index in [1.165, 1.54) is 56.7 Å². The number of halogens is 1. The number of rotatable bonds is 5.